The number of aromatic nitrogens is 5. The molecule has 10 heteroatoms. The van der Waals surface area contributed by atoms with E-state index in [2.05, 4.69) is 20.5 Å². The quantitative estimate of drug-likeness (QED) is 0.914. The summed E-state index contributed by atoms with van der Waals surface area (Å²) in [4.78, 5) is 14.9. The maximum atomic E-state index is 13.0. The highest BCUT2D eigenvalue weighted by molar-refractivity contribution is 5.86. The summed E-state index contributed by atoms with van der Waals surface area (Å²) in [7, 11) is 0. The molecule has 0 unspecified atom stereocenters. The van der Waals surface area contributed by atoms with E-state index in [0.717, 1.165) is 4.68 Å². The molecule has 2 heterocycles. The Morgan fingerprint density at radius 2 is 2.10 bits per heavy atom. The Morgan fingerprint density at radius 3 is 2.57 bits per heavy atom. The van der Waals surface area contributed by atoms with Crippen molar-refractivity contribution in [1.82, 2.24) is 25.1 Å². The third-order valence-corrected chi connectivity index (χ3v) is 2.58. The van der Waals surface area contributed by atoms with E-state index >= 15 is 0 Å². The highest BCUT2D eigenvalue weighted by Gasteiger charge is 2.28. The van der Waals surface area contributed by atoms with Gasteiger partial charge in [0.2, 0.25) is 5.89 Å². The molecule has 21 heavy (non-hydrogen) atoms. The fraction of sp³-hybridized carbons (Fsp3) is 0.545. The fourth-order valence-corrected chi connectivity index (χ4v) is 1.56. The van der Waals surface area contributed by atoms with Crippen LogP contribution in [0.4, 0.5) is 8.78 Å². The third kappa shape index (κ3) is 3.03. The second-order valence-corrected chi connectivity index (χ2v) is 5.35. The zero-order valence-electron chi connectivity index (χ0n) is 11.5. The highest BCUT2D eigenvalue weighted by Crippen LogP contribution is 2.23. The molecular formula is C11H13F2N5O3. The molecule has 0 aliphatic heterocycles. The Kier molecular flexibility index (Phi) is 3.71. The zero-order chi connectivity index (χ0) is 15.8. The van der Waals surface area contributed by atoms with Gasteiger partial charge in [0, 0.05) is 5.41 Å². The van der Waals surface area contributed by atoms with Gasteiger partial charge in [-0.05, 0) is 0 Å². The van der Waals surface area contributed by atoms with Gasteiger partial charge in [-0.2, -0.15) is 4.98 Å². The minimum Gasteiger partial charge on any atom is -0.476 e. The first-order valence-electron chi connectivity index (χ1n) is 5.98. The van der Waals surface area contributed by atoms with Crippen molar-refractivity contribution in [1.29, 1.82) is 0 Å². The normalized spacial score (nSPS) is 12.1. The lowest BCUT2D eigenvalue weighted by Gasteiger charge is -2.10. The van der Waals surface area contributed by atoms with E-state index in [0.29, 0.717) is 5.89 Å². The number of nitrogens with zero attached hydrogens (tertiary/aromatic N) is 5. The molecule has 2 aromatic heterocycles. The lowest BCUT2D eigenvalue weighted by atomic mass is 9.97. The van der Waals surface area contributed by atoms with Crippen molar-refractivity contribution in [3.63, 3.8) is 0 Å². The van der Waals surface area contributed by atoms with Crippen LogP contribution in [0.2, 0.25) is 0 Å². The van der Waals surface area contributed by atoms with E-state index in [-0.39, 0.29) is 17.8 Å². The van der Waals surface area contributed by atoms with Crippen LogP contribution < -0.4 is 0 Å². The van der Waals surface area contributed by atoms with E-state index in [9.17, 15) is 13.6 Å². The van der Waals surface area contributed by atoms with Gasteiger partial charge in [0.1, 0.15) is 12.2 Å². The first kappa shape index (κ1) is 15.0. The van der Waals surface area contributed by atoms with Gasteiger partial charge in [-0.15, -0.1) is 5.10 Å². The summed E-state index contributed by atoms with van der Waals surface area (Å²) in [5.74, 6) is -1.11. The number of hydrogen-bond donors (Lipinski definition) is 1. The van der Waals surface area contributed by atoms with E-state index in [1.54, 1.807) is 0 Å². The molecule has 0 aliphatic rings. The predicted octanol–water partition coefficient (Wildman–Crippen LogP) is 1.64. The molecule has 8 nitrogen and oxygen atoms in total. The van der Waals surface area contributed by atoms with Crippen molar-refractivity contribution < 1.29 is 23.2 Å². The molecule has 2 aromatic rings. The molecular weight excluding hydrogens is 288 g/mol. The minimum atomic E-state index is -3.03. The summed E-state index contributed by atoms with van der Waals surface area (Å²) in [5.41, 5.74) is -1.96. The molecule has 0 aliphatic carbocycles. The van der Waals surface area contributed by atoms with Gasteiger partial charge >= 0.3 is 5.97 Å². The molecule has 2 rings (SSSR count). The van der Waals surface area contributed by atoms with E-state index < -0.39 is 23.8 Å². The van der Waals surface area contributed by atoms with Gasteiger partial charge in [0.15, 0.2) is 11.5 Å². The number of halogens is 2. The summed E-state index contributed by atoms with van der Waals surface area (Å²) in [6.07, 6.45) is -3.03. The van der Waals surface area contributed by atoms with Crippen LogP contribution >= 0.6 is 0 Å². The van der Waals surface area contributed by atoms with Crippen molar-refractivity contribution in [3.8, 4) is 0 Å². The molecule has 0 saturated heterocycles. The van der Waals surface area contributed by atoms with Gasteiger partial charge in [-0.1, -0.05) is 31.1 Å². The number of aromatic carboxylic acids is 1. The standard InChI is InChI=1S/C11H13F2N5O3/c1-11(2,3)10-14-5(16-21-10)4-18-7(8(12)13)6(9(19)20)15-17-18/h8H,4H2,1-3H3,(H,19,20). The van der Waals surface area contributed by atoms with Crippen LogP contribution in [0, 0.1) is 0 Å². The monoisotopic (exact) mass is 301 g/mol. The van der Waals surface area contributed by atoms with Gasteiger partial charge < -0.3 is 9.63 Å². The first-order valence-corrected chi connectivity index (χ1v) is 5.98. The molecule has 0 spiro atoms. The highest BCUT2D eigenvalue weighted by atomic mass is 19.3. The Bertz CT molecular complexity index is 659. The second kappa shape index (κ2) is 5.19. The zero-order valence-corrected chi connectivity index (χ0v) is 11.5. The van der Waals surface area contributed by atoms with Crippen LogP contribution in [0.25, 0.3) is 0 Å². The number of carboxylic acid groups (broad SMARTS) is 1. The van der Waals surface area contributed by atoms with Gasteiger partial charge in [0.05, 0.1) is 0 Å². The summed E-state index contributed by atoms with van der Waals surface area (Å²) in [5, 5.41) is 19.1. The molecule has 0 aromatic carbocycles. The van der Waals surface area contributed by atoms with Crippen LogP contribution in [0.1, 0.15) is 55.1 Å². The van der Waals surface area contributed by atoms with Crippen molar-refractivity contribution in [2.75, 3.05) is 0 Å². The maximum Gasteiger partial charge on any atom is 0.358 e. The van der Waals surface area contributed by atoms with Crippen LogP contribution in [0.5, 0.6) is 0 Å². The van der Waals surface area contributed by atoms with E-state index in [1.807, 2.05) is 20.8 Å². The summed E-state index contributed by atoms with van der Waals surface area (Å²) in [6.45, 7) is 5.31. The lowest BCUT2D eigenvalue weighted by molar-refractivity contribution is 0.0675. The Labute approximate surface area is 117 Å². The number of rotatable bonds is 4. The first-order chi connectivity index (χ1) is 9.70. The molecule has 0 radical (unpaired) electrons. The Balaban J connectivity index is 2.32. The third-order valence-electron chi connectivity index (χ3n) is 2.58. The van der Waals surface area contributed by atoms with Crippen LogP contribution in [0.3, 0.4) is 0 Å². The van der Waals surface area contributed by atoms with Crippen LogP contribution in [-0.4, -0.2) is 36.2 Å². The van der Waals surface area contributed by atoms with Gasteiger partial charge in [0.25, 0.3) is 6.43 Å². The van der Waals surface area contributed by atoms with Crippen molar-refractivity contribution in [2.24, 2.45) is 0 Å². The summed E-state index contributed by atoms with van der Waals surface area (Å²) in [6, 6.07) is 0. The number of hydrogen-bond acceptors (Lipinski definition) is 6. The minimum absolute atomic E-state index is 0.115. The predicted molar refractivity (Wildman–Crippen MR) is 64.0 cm³/mol. The average molecular weight is 301 g/mol. The Morgan fingerprint density at radius 1 is 1.43 bits per heavy atom. The lowest BCUT2D eigenvalue weighted by Crippen LogP contribution is -2.13. The molecule has 114 valence electrons. The van der Waals surface area contributed by atoms with E-state index in [1.165, 1.54) is 0 Å². The molecule has 0 saturated carbocycles. The Hall–Kier alpha value is -2.39. The number of carbonyl (C=O) groups is 1. The fourth-order valence-electron chi connectivity index (χ4n) is 1.56. The van der Waals surface area contributed by atoms with Crippen molar-refractivity contribution >= 4 is 5.97 Å². The smallest absolute Gasteiger partial charge is 0.358 e. The average Bonchev–Trinajstić information content (AvgIpc) is 2.94. The van der Waals surface area contributed by atoms with Gasteiger partial charge in [-0.3, -0.25) is 0 Å². The largest absolute Gasteiger partial charge is 0.476 e. The topological polar surface area (TPSA) is 107 Å². The molecule has 0 fully saturated rings. The second-order valence-electron chi connectivity index (χ2n) is 5.35. The molecule has 1 N–H and O–H groups in total. The van der Waals surface area contributed by atoms with Crippen LogP contribution in [0.15, 0.2) is 4.52 Å². The maximum absolute atomic E-state index is 13.0. The molecule has 0 amide bonds. The van der Waals surface area contributed by atoms with Gasteiger partial charge in [-0.25, -0.2) is 18.3 Å². The number of alkyl halides is 2. The van der Waals surface area contributed by atoms with Crippen molar-refractivity contribution in [3.05, 3.63) is 23.1 Å². The number of carboxylic acids is 1. The van der Waals surface area contributed by atoms with E-state index in [4.69, 9.17) is 9.63 Å². The SMILES string of the molecule is CC(C)(C)c1nc(Cn2nnc(C(=O)O)c2C(F)F)no1. The molecule has 0 bridgehead atoms. The van der Waals surface area contributed by atoms with Crippen LogP contribution in [-0.2, 0) is 12.0 Å². The summed E-state index contributed by atoms with van der Waals surface area (Å²) >= 11 is 0. The molecule has 0 atom stereocenters. The summed E-state index contributed by atoms with van der Waals surface area (Å²) < 4.78 is 31.7. The van der Waals surface area contributed by atoms with Crippen molar-refractivity contribution in [2.45, 2.75) is 39.2 Å².